The standard InChI is InChI=1S/C12H15FN2O3/c13-10-4-9(5-11(6-10)15(17)18)7-14-3-1-2-12(16)8-14/h4-6,12,16H,1-3,7-8H2. The van der Waals surface area contributed by atoms with Crippen LogP contribution >= 0.6 is 0 Å². The van der Waals surface area contributed by atoms with E-state index < -0.39 is 10.7 Å². The molecule has 1 N–H and O–H groups in total. The lowest BCUT2D eigenvalue weighted by atomic mass is 10.1. The SMILES string of the molecule is O=[N+]([O-])c1cc(F)cc(CN2CCCC(O)C2)c1. The van der Waals surface area contributed by atoms with E-state index in [1.807, 2.05) is 4.90 Å². The fraction of sp³-hybridized carbons (Fsp3) is 0.500. The largest absolute Gasteiger partial charge is 0.392 e. The van der Waals surface area contributed by atoms with Gasteiger partial charge in [0.05, 0.1) is 17.1 Å². The van der Waals surface area contributed by atoms with Gasteiger partial charge in [0.15, 0.2) is 0 Å². The molecule has 1 aromatic carbocycles. The van der Waals surface area contributed by atoms with Gasteiger partial charge in [-0.1, -0.05) is 0 Å². The van der Waals surface area contributed by atoms with Crippen LogP contribution in [-0.4, -0.2) is 34.1 Å². The van der Waals surface area contributed by atoms with Crippen molar-refractivity contribution in [2.24, 2.45) is 0 Å². The summed E-state index contributed by atoms with van der Waals surface area (Å²) >= 11 is 0. The van der Waals surface area contributed by atoms with E-state index in [0.717, 1.165) is 25.5 Å². The van der Waals surface area contributed by atoms with Crippen molar-refractivity contribution in [2.45, 2.75) is 25.5 Å². The van der Waals surface area contributed by atoms with E-state index in [-0.39, 0.29) is 11.8 Å². The summed E-state index contributed by atoms with van der Waals surface area (Å²) in [6.07, 6.45) is 1.31. The lowest BCUT2D eigenvalue weighted by Crippen LogP contribution is -2.37. The van der Waals surface area contributed by atoms with Gasteiger partial charge in [-0.3, -0.25) is 15.0 Å². The molecular formula is C12H15FN2O3. The lowest BCUT2D eigenvalue weighted by molar-refractivity contribution is -0.385. The van der Waals surface area contributed by atoms with E-state index >= 15 is 0 Å². The third-order valence-corrected chi connectivity index (χ3v) is 3.04. The lowest BCUT2D eigenvalue weighted by Gasteiger charge is -2.29. The molecule has 98 valence electrons. The topological polar surface area (TPSA) is 66.6 Å². The number of rotatable bonds is 3. The van der Waals surface area contributed by atoms with Crippen LogP contribution in [0.15, 0.2) is 18.2 Å². The number of piperidine rings is 1. The second kappa shape index (κ2) is 5.41. The zero-order valence-electron chi connectivity index (χ0n) is 9.88. The van der Waals surface area contributed by atoms with Crippen LogP contribution in [0, 0.1) is 15.9 Å². The van der Waals surface area contributed by atoms with E-state index in [1.165, 1.54) is 12.1 Å². The van der Waals surface area contributed by atoms with Gasteiger partial charge in [-0.2, -0.15) is 0 Å². The predicted octanol–water partition coefficient (Wildman–Crippen LogP) is 1.69. The summed E-state index contributed by atoms with van der Waals surface area (Å²) in [6, 6.07) is 3.59. The highest BCUT2D eigenvalue weighted by atomic mass is 19.1. The van der Waals surface area contributed by atoms with Gasteiger partial charge >= 0.3 is 0 Å². The molecule has 1 atom stereocenters. The van der Waals surface area contributed by atoms with E-state index in [9.17, 15) is 19.6 Å². The van der Waals surface area contributed by atoms with Gasteiger partial charge in [0, 0.05) is 19.2 Å². The van der Waals surface area contributed by atoms with Crippen LogP contribution < -0.4 is 0 Å². The molecule has 2 rings (SSSR count). The minimum absolute atomic E-state index is 0.234. The first-order chi connectivity index (χ1) is 8.54. The number of aliphatic hydroxyl groups is 1. The minimum atomic E-state index is -0.600. The van der Waals surface area contributed by atoms with Crippen molar-refractivity contribution in [1.29, 1.82) is 0 Å². The van der Waals surface area contributed by atoms with Gasteiger partial charge in [-0.25, -0.2) is 4.39 Å². The van der Waals surface area contributed by atoms with Crippen LogP contribution in [-0.2, 0) is 6.54 Å². The van der Waals surface area contributed by atoms with Crippen LogP contribution in [0.5, 0.6) is 0 Å². The Morgan fingerprint density at radius 3 is 2.94 bits per heavy atom. The zero-order chi connectivity index (χ0) is 13.1. The summed E-state index contributed by atoms with van der Waals surface area (Å²) < 4.78 is 13.2. The van der Waals surface area contributed by atoms with Gasteiger partial charge in [-0.15, -0.1) is 0 Å². The molecule has 0 saturated carbocycles. The first kappa shape index (κ1) is 12.9. The van der Waals surface area contributed by atoms with E-state index in [4.69, 9.17) is 0 Å². The number of likely N-dealkylation sites (tertiary alicyclic amines) is 1. The van der Waals surface area contributed by atoms with Crippen LogP contribution in [0.3, 0.4) is 0 Å². The molecule has 1 unspecified atom stereocenters. The first-order valence-electron chi connectivity index (χ1n) is 5.89. The van der Waals surface area contributed by atoms with Crippen molar-refractivity contribution < 1.29 is 14.4 Å². The number of hydrogen-bond donors (Lipinski definition) is 1. The molecule has 0 amide bonds. The fourth-order valence-corrected chi connectivity index (χ4v) is 2.26. The summed E-state index contributed by atoms with van der Waals surface area (Å²) in [5.74, 6) is -0.600. The predicted molar refractivity (Wildman–Crippen MR) is 63.6 cm³/mol. The number of halogens is 1. The number of aliphatic hydroxyl groups excluding tert-OH is 1. The molecule has 6 heteroatoms. The Morgan fingerprint density at radius 1 is 1.50 bits per heavy atom. The van der Waals surface area contributed by atoms with Gasteiger partial charge < -0.3 is 5.11 Å². The van der Waals surface area contributed by atoms with E-state index in [0.29, 0.717) is 18.7 Å². The maximum absolute atomic E-state index is 13.2. The number of non-ortho nitro benzene ring substituents is 1. The Labute approximate surface area is 104 Å². The van der Waals surface area contributed by atoms with Crippen LogP contribution in [0.25, 0.3) is 0 Å². The molecule has 0 spiro atoms. The summed E-state index contributed by atoms with van der Waals surface area (Å²) in [6.45, 7) is 1.78. The number of nitro groups is 1. The number of β-amino-alcohol motifs (C(OH)–C–C–N with tert-alkyl or cyclic N) is 1. The third kappa shape index (κ3) is 3.24. The van der Waals surface area contributed by atoms with Crippen LogP contribution in [0.4, 0.5) is 10.1 Å². The van der Waals surface area contributed by atoms with Crippen molar-refractivity contribution >= 4 is 5.69 Å². The highest BCUT2D eigenvalue weighted by molar-refractivity contribution is 5.35. The summed E-state index contributed by atoms with van der Waals surface area (Å²) in [5.41, 5.74) is 0.332. The fourth-order valence-electron chi connectivity index (χ4n) is 2.26. The highest BCUT2D eigenvalue weighted by Crippen LogP contribution is 2.19. The first-order valence-corrected chi connectivity index (χ1v) is 5.89. The van der Waals surface area contributed by atoms with Gasteiger partial charge in [0.1, 0.15) is 5.82 Å². The minimum Gasteiger partial charge on any atom is -0.392 e. The smallest absolute Gasteiger partial charge is 0.272 e. The Kier molecular flexibility index (Phi) is 3.88. The van der Waals surface area contributed by atoms with Gasteiger partial charge in [0.25, 0.3) is 5.69 Å². The van der Waals surface area contributed by atoms with Crippen molar-refractivity contribution in [1.82, 2.24) is 4.90 Å². The molecule has 5 nitrogen and oxygen atoms in total. The second-order valence-electron chi connectivity index (χ2n) is 4.61. The van der Waals surface area contributed by atoms with E-state index in [1.54, 1.807) is 0 Å². The molecule has 1 aliphatic heterocycles. The molecule has 0 aliphatic carbocycles. The number of nitro benzene ring substituents is 1. The monoisotopic (exact) mass is 254 g/mol. The number of benzene rings is 1. The van der Waals surface area contributed by atoms with Crippen molar-refractivity contribution in [3.8, 4) is 0 Å². The number of hydrogen-bond acceptors (Lipinski definition) is 4. The molecule has 1 saturated heterocycles. The van der Waals surface area contributed by atoms with Gasteiger partial charge in [-0.05, 0) is 31.0 Å². The molecule has 1 aromatic rings. The molecule has 1 fully saturated rings. The summed E-state index contributed by atoms with van der Waals surface area (Å²) in [4.78, 5) is 12.0. The summed E-state index contributed by atoms with van der Waals surface area (Å²) in [7, 11) is 0. The Balaban J connectivity index is 2.10. The quantitative estimate of drug-likeness (QED) is 0.658. The molecule has 0 radical (unpaired) electrons. The number of nitrogens with zero attached hydrogens (tertiary/aromatic N) is 2. The molecule has 0 bridgehead atoms. The normalized spacial score (nSPS) is 20.9. The third-order valence-electron chi connectivity index (χ3n) is 3.04. The second-order valence-corrected chi connectivity index (χ2v) is 4.61. The average molecular weight is 254 g/mol. The molecule has 1 aliphatic rings. The molecule has 0 aromatic heterocycles. The summed E-state index contributed by atoms with van der Waals surface area (Å²) in [5, 5.41) is 20.2. The van der Waals surface area contributed by atoms with Crippen LogP contribution in [0.1, 0.15) is 18.4 Å². The maximum atomic E-state index is 13.2. The van der Waals surface area contributed by atoms with Crippen molar-refractivity contribution in [3.63, 3.8) is 0 Å². The Bertz CT molecular complexity index is 453. The molecule has 1 heterocycles. The van der Waals surface area contributed by atoms with Gasteiger partial charge in [0.2, 0.25) is 0 Å². The molecule has 18 heavy (non-hydrogen) atoms. The highest BCUT2D eigenvalue weighted by Gasteiger charge is 2.19. The van der Waals surface area contributed by atoms with Crippen molar-refractivity contribution in [3.05, 3.63) is 39.7 Å². The Morgan fingerprint density at radius 2 is 2.28 bits per heavy atom. The van der Waals surface area contributed by atoms with E-state index in [2.05, 4.69) is 0 Å². The molecular weight excluding hydrogens is 239 g/mol. The Hall–Kier alpha value is -1.53. The maximum Gasteiger partial charge on any atom is 0.272 e. The van der Waals surface area contributed by atoms with Crippen LogP contribution in [0.2, 0.25) is 0 Å². The zero-order valence-corrected chi connectivity index (χ0v) is 9.88. The van der Waals surface area contributed by atoms with Crippen molar-refractivity contribution in [2.75, 3.05) is 13.1 Å². The average Bonchev–Trinajstić information content (AvgIpc) is 2.28.